The molecule has 2 aromatic rings. The summed E-state index contributed by atoms with van der Waals surface area (Å²) in [7, 11) is 1.61. The number of carbonyl (C=O) groups is 1. The number of ether oxygens (including phenoxy) is 1. The maximum atomic E-state index is 12.2. The lowest BCUT2D eigenvalue weighted by atomic mass is 10.1. The Labute approximate surface area is 159 Å². The van der Waals surface area contributed by atoms with Gasteiger partial charge in [-0.25, -0.2) is 5.43 Å². The van der Waals surface area contributed by atoms with E-state index < -0.39 is 5.91 Å². The van der Waals surface area contributed by atoms with Crippen LogP contribution in [0.3, 0.4) is 0 Å². The summed E-state index contributed by atoms with van der Waals surface area (Å²) in [6.07, 6.45) is 0.561. The monoisotopic (exact) mass is 401 g/mol. The van der Waals surface area contributed by atoms with Crippen LogP contribution in [0.5, 0.6) is 5.75 Å². The number of hydrogen-bond donors (Lipinski definition) is 2. The van der Waals surface area contributed by atoms with Crippen LogP contribution in [0.25, 0.3) is 0 Å². The summed E-state index contributed by atoms with van der Waals surface area (Å²) in [5.74, 6) is 0.193. The van der Waals surface area contributed by atoms with Gasteiger partial charge in [0.2, 0.25) is 0 Å². The molecule has 0 aliphatic rings. The third kappa shape index (κ3) is 4.75. The summed E-state index contributed by atoms with van der Waals surface area (Å²) in [6.45, 7) is 1.79. The van der Waals surface area contributed by atoms with Gasteiger partial charge in [-0.3, -0.25) is 4.79 Å². The number of pyridine rings is 1. The zero-order valence-corrected chi connectivity index (χ0v) is 15.8. The number of anilines is 1. The number of nitrogens with zero attached hydrogens (tertiary/aromatic N) is 1. The Morgan fingerprint density at radius 2 is 1.88 bits per heavy atom. The van der Waals surface area contributed by atoms with Crippen molar-refractivity contribution in [2.75, 3.05) is 12.8 Å². The third-order valence-corrected chi connectivity index (χ3v) is 4.48. The minimum absolute atomic E-state index is 0.0186. The van der Waals surface area contributed by atoms with Gasteiger partial charge in [0.15, 0.2) is 0 Å². The van der Waals surface area contributed by atoms with Crippen LogP contribution < -0.4 is 20.9 Å². The molecule has 0 fully saturated rings. The fraction of sp³-hybridized carbons (Fsp3) is 0.188. The van der Waals surface area contributed by atoms with Gasteiger partial charge in [-0.1, -0.05) is 35.3 Å². The Morgan fingerprint density at radius 3 is 2.48 bits per heavy atom. The average molecular weight is 403 g/mol. The van der Waals surface area contributed by atoms with Crippen molar-refractivity contribution in [1.82, 2.24) is 5.43 Å². The van der Waals surface area contributed by atoms with Gasteiger partial charge < -0.3 is 10.5 Å². The van der Waals surface area contributed by atoms with Gasteiger partial charge in [-0.2, -0.15) is 10.1 Å². The van der Waals surface area contributed by atoms with Gasteiger partial charge in [-0.15, -0.1) is 0 Å². The van der Waals surface area contributed by atoms with E-state index in [1.165, 1.54) is 0 Å². The summed E-state index contributed by atoms with van der Waals surface area (Å²) < 4.78 is 5.11. The van der Waals surface area contributed by atoms with Crippen molar-refractivity contribution in [2.45, 2.75) is 13.3 Å². The Morgan fingerprint density at radius 1 is 1.24 bits per heavy atom. The maximum absolute atomic E-state index is 12.2. The number of amides is 1. The van der Waals surface area contributed by atoms with Crippen LogP contribution in [0.4, 0.5) is 5.69 Å². The van der Waals surface area contributed by atoms with E-state index in [0.29, 0.717) is 12.1 Å². The predicted octanol–water partition coefficient (Wildman–Crippen LogP) is 3.40. The van der Waals surface area contributed by atoms with Crippen LogP contribution in [0.1, 0.15) is 23.0 Å². The van der Waals surface area contributed by atoms with Crippen LogP contribution in [0.15, 0.2) is 29.4 Å². The molecular weight excluding hydrogens is 387 g/mol. The predicted molar refractivity (Wildman–Crippen MR) is 99.7 cm³/mol. The first-order valence-corrected chi connectivity index (χ1v) is 8.28. The second kappa shape index (κ2) is 8.38. The zero-order valence-electron chi connectivity index (χ0n) is 13.5. The van der Waals surface area contributed by atoms with Crippen molar-refractivity contribution in [3.8, 4) is 5.75 Å². The highest BCUT2D eigenvalue weighted by molar-refractivity contribution is 6.45. The van der Waals surface area contributed by atoms with Gasteiger partial charge in [0.05, 0.1) is 12.8 Å². The molecule has 0 saturated carbocycles. The number of H-pyrrole nitrogens is 1. The molecule has 1 heterocycles. The van der Waals surface area contributed by atoms with Gasteiger partial charge in [0.1, 0.15) is 15.8 Å². The molecule has 132 valence electrons. The zero-order chi connectivity index (χ0) is 18.6. The number of rotatable bonds is 5. The molecular formula is C16H16Cl3N4O2+. The maximum Gasteiger partial charge on any atom is 0.337 e. The molecule has 1 aromatic carbocycles. The summed E-state index contributed by atoms with van der Waals surface area (Å²) >= 11 is 17.8. The van der Waals surface area contributed by atoms with Crippen molar-refractivity contribution >= 4 is 52.1 Å². The number of benzene rings is 1. The number of nitrogen functional groups attached to an aromatic ring is 1. The van der Waals surface area contributed by atoms with E-state index in [1.807, 2.05) is 24.3 Å². The van der Waals surface area contributed by atoms with Crippen molar-refractivity contribution in [2.24, 2.45) is 5.10 Å². The summed E-state index contributed by atoms with van der Waals surface area (Å²) in [5.41, 5.74) is 9.85. The fourth-order valence-corrected chi connectivity index (χ4v) is 2.62. The van der Waals surface area contributed by atoms with Gasteiger partial charge in [-0.05, 0) is 36.2 Å². The lowest BCUT2D eigenvalue weighted by Gasteiger charge is -2.05. The number of nitrogens with one attached hydrogen (secondary N) is 2. The molecule has 4 N–H and O–H groups in total. The topological polar surface area (TPSA) is 90.8 Å². The van der Waals surface area contributed by atoms with E-state index in [9.17, 15) is 4.79 Å². The molecule has 0 aliphatic carbocycles. The number of aromatic amines is 1. The van der Waals surface area contributed by atoms with Crippen molar-refractivity contribution in [3.05, 3.63) is 50.7 Å². The van der Waals surface area contributed by atoms with Crippen LogP contribution >= 0.6 is 34.8 Å². The normalized spacial score (nSPS) is 11.3. The quantitative estimate of drug-likeness (QED) is 0.456. The summed E-state index contributed by atoms with van der Waals surface area (Å²) in [5, 5.41) is 4.11. The highest BCUT2D eigenvalue weighted by Gasteiger charge is 2.25. The lowest BCUT2D eigenvalue weighted by molar-refractivity contribution is -0.379. The van der Waals surface area contributed by atoms with E-state index in [-0.39, 0.29) is 26.6 Å². The molecule has 0 unspecified atom stereocenters. The van der Waals surface area contributed by atoms with Crippen LogP contribution in [-0.4, -0.2) is 18.7 Å². The van der Waals surface area contributed by atoms with Crippen molar-refractivity contribution in [1.29, 1.82) is 0 Å². The number of hydrogen-bond acceptors (Lipinski definition) is 4. The van der Waals surface area contributed by atoms with E-state index in [2.05, 4.69) is 15.5 Å². The molecule has 0 aliphatic heterocycles. The molecule has 0 saturated heterocycles. The first-order valence-electron chi connectivity index (χ1n) is 7.15. The van der Waals surface area contributed by atoms with E-state index >= 15 is 0 Å². The third-order valence-electron chi connectivity index (χ3n) is 3.31. The second-order valence-corrected chi connectivity index (χ2v) is 6.30. The molecule has 0 atom stereocenters. The number of hydrazone groups is 1. The first kappa shape index (κ1) is 19.3. The van der Waals surface area contributed by atoms with Crippen molar-refractivity contribution in [3.63, 3.8) is 0 Å². The summed E-state index contributed by atoms with van der Waals surface area (Å²) in [4.78, 5) is 14.8. The number of methoxy groups -OCH3 is 1. The van der Waals surface area contributed by atoms with Gasteiger partial charge in [0.25, 0.3) is 10.8 Å². The molecule has 25 heavy (non-hydrogen) atoms. The second-order valence-electron chi connectivity index (χ2n) is 5.17. The standard InChI is InChI=1S/C16H15Cl3N4O2/c1-8(7-9-3-5-10(25-2)6-4-9)22-23-16(24)14-11(17)13(20)12(18)15(19)21-14/h3-6H,7H2,1-2H3,(H2,20,21)(H,23,24)/p+1/b22-8-. The van der Waals surface area contributed by atoms with Gasteiger partial charge in [0, 0.05) is 12.1 Å². The molecule has 1 aromatic heterocycles. The molecule has 6 nitrogen and oxygen atoms in total. The Balaban J connectivity index is 2.08. The van der Waals surface area contributed by atoms with Crippen molar-refractivity contribution < 1.29 is 14.5 Å². The van der Waals surface area contributed by atoms with E-state index in [0.717, 1.165) is 11.3 Å². The SMILES string of the molecule is COc1ccc(C/C(C)=N\NC(=O)c2[nH+]c(Cl)c(Cl)c(N)c2Cl)cc1. The highest BCUT2D eigenvalue weighted by Crippen LogP contribution is 2.31. The minimum Gasteiger partial charge on any atom is -0.497 e. The van der Waals surface area contributed by atoms with Crippen LogP contribution in [0, 0.1) is 0 Å². The smallest absolute Gasteiger partial charge is 0.337 e. The van der Waals surface area contributed by atoms with E-state index in [4.69, 9.17) is 45.3 Å². The Bertz CT molecular complexity index is 823. The van der Waals surface area contributed by atoms with Gasteiger partial charge >= 0.3 is 5.91 Å². The molecule has 0 radical (unpaired) electrons. The first-order chi connectivity index (χ1) is 11.8. The molecule has 2 rings (SSSR count). The molecule has 0 spiro atoms. The van der Waals surface area contributed by atoms with E-state index in [1.54, 1.807) is 14.0 Å². The molecule has 1 amide bonds. The molecule has 9 heteroatoms. The Kier molecular flexibility index (Phi) is 6.47. The lowest BCUT2D eigenvalue weighted by Crippen LogP contribution is -2.29. The van der Waals surface area contributed by atoms with Crippen LogP contribution in [-0.2, 0) is 6.42 Å². The van der Waals surface area contributed by atoms with Crippen LogP contribution in [0.2, 0.25) is 15.2 Å². The molecule has 0 bridgehead atoms. The average Bonchev–Trinajstić information content (AvgIpc) is 2.61. The largest absolute Gasteiger partial charge is 0.497 e. The highest BCUT2D eigenvalue weighted by atomic mass is 35.5. The minimum atomic E-state index is -0.579. The Hall–Kier alpha value is -2.02. The summed E-state index contributed by atoms with van der Waals surface area (Å²) in [6, 6.07) is 7.55. The number of nitrogens with two attached hydrogens (primary N) is 1. The number of carbonyl (C=O) groups excluding carboxylic acids is 1. The fourth-order valence-electron chi connectivity index (χ4n) is 2.01. The number of aromatic nitrogens is 1. The number of halogens is 3.